The van der Waals surface area contributed by atoms with Crippen LogP contribution in [0.3, 0.4) is 0 Å². The van der Waals surface area contributed by atoms with Crippen LogP contribution in [0.1, 0.15) is 0 Å². The molecular weight excluding hydrogens is 340 g/mol. The molecule has 4 aliphatic rings. The van der Waals surface area contributed by atoms with E-state index in [4.69, 9.17) is 18.9 Å². The molecule has 3 heterocycles. The fourth-order valence-electron chi connectivity index (χ4n) is 4.05. The predicted molar refractivity (Wildman–Crippen MR) is 76.5 cm³/mol. The molecular formula is C15H22O10. The van der Waals surface area contributed by atoms with Crippen molar-refractivity contribution in [1.82, 2.24) is 0 Å². The van der Waals surface area contributed by atoms with Crippen LogP contribution in [0.15, 0.2) is 11.8 Å². The van der Waals surface area contributed by atoms with Gasteiger partial charge in [-0.2, -0.15) is 0 Å². The molecule has 0 amide bonds. The van der Waals surface area contributed by atoms with Crippen LogP contribution in [-0.4, -0.2) is 99.2 Å². The molecule has 10 nitrogen and oxygen atoms in total. The molecule has 0 aromatic heterocycles. The van der Waals surface area contributed by atoms with Crippen LogP contribution in [0.4, 0.5) is 0 Å². The zero-order valence-electron chi connectivity index (χ0n) is 13.2. The van der Waals surface area contributed by atoms with Crippen molar-refractivity contribution < 1.29 is 49.6 Å². The van der Waals surface area contributed by atoms with Gasteiger partial charge >= 0.3 is 0 Å². The third-order valence-electron chi connectivity index (χ3n) is 5.46. The Morgan fingerprint density at radius 3 is 2.32 bits per heavy atom. The predicted octanol–water partition coefficient (Wildman–Crippen LogP) is -3.59. The van der Waals surface area contributed by atoms with Gasteiger partial charge in [-0.25, -0.2) is 0 Å². The number of aliphatic hydroxyl groups is 6. The van der Waals surface area contributed by atoms with Gasteiger partial charge in [0.05, 0.1) is 37.6 Å². The average molecular weight is 362 g/mol. The summed E-state index contributed by atoms with van der Waals surface area (Å²) in [6, 6.07) is 0. The minimum atomic E-state index is -1.56. The Balaban J connectivity index is 1.51. The van der Waals surface area contributed by atoms with Crippen molar-refractivity contribution in [3.8, 4) is 0 Å². The smallest absolute Gasteiger partial charge is 0.207 e. The Kier molecular flexibility index (Phi) is 4.51. The van der Waals surface area contributed by atoms with E-state index >= 15 is 0 Å². The second-order valence-electron chi connectivity index (χ2n) is 6.85. The lowest BCUT2D eigenvalue weighted by atomic mass is 9.85. The van der Waals surface area contributed by atoms with Crippen molar-refractivity contribution in [3.05, 3.63) is 11.8 Å². The van der Waals surface area contributed by atoms with E-state index in [0.29, 0.717) is 5.57 Å². The fourth-order valence-corrected chi connectivity index (χ4v) is 4.05. The molecule has 0 spiro atoms. The number of rotatable bonds is 4. The molecule has 0 radical (unpaired) electrons. The summed E-state index contributed by atoms with van der Waals surface area (Å²) in [6.45, 7) is -0.839. The van der Waals surface area contributed by atoms with Crippen LogP contribution < -0.4 is 0 Å². The maximum atomic E-state index is 10.3. The van der Waals surface area contributed by atoms with Gasteiger partial charge in [0, 0.05) is 5.92 Å². The van der Waals surface area contributed by atoms with Gasteiger partial charge in [-0.1, -0.05) is 0 Å². The van der Waals surface area contributed by atoms with E-state index in [1.165, 1.54) is 6.26 Å². The number of hydrogen-bond donors (Lipinski definition) is 6. The van der Waals surface area contributed by atoms with E-state index in [1.807, 2.05) is 0 Å². The van der Waals surface area contributed by atoms with Crippen LogP contribution in [-0.2, 0) is 18.9 Å². The molecule has 0 aromatic rings. The van der Waals surface area contributed by atoms with E-state index in [1.54, 1.807) is 0 Å². The average Bonchev–Trinajstić information content (AvgIpc) is 3.36. The van der Waals surface area contributed by atoms with Crippen LogP contribution in [0.25, 0.3) is 0 Å². The first-order valence-corrected chi connectivity index (χ1v) is 8.22. The first-order chi connectivity index (χ1) is 12.0. The van der Waals surface area contributed by atoms with Crippen LogP contribution in [0.2, 0.25) is 0 Å². The molecule has 0 aromatic carbocycles. The molecule has 11 atom stereocenters. The van der Waals surface area contributed by atoms with Crippen molar-refractivity contribution in [2.75, 3.05) is 13.2 Å². The first-order valence-electron chi connectivity index (χ1n) is 8.22. The van der Waals surface area contributed by atoms with Gasteiger partial charge in [0.1, 0.15) is 30.5 Å². The van der Waals surface area contributed by atoms with Crippen molar-refractivity contribution in [3.63, 3.8) is 0 Å². The number of aliphatic hydroxyl groups excluding tert-OH is 6. The Labute approximate surface area is 142 Å². The Morgan fingerprint density at radius 1 is 0.880 bits per heavy atom. The van der Waals surface area contributed by atoms with Gasteiger partial charge in [0.2, 0.25) is 6.29 Å². The normalized spacial score (nSPS) is 54.3. The summed E-state index contributed by atoms with van der Waals surface area (Å²) in [6.07, 6.45) is -8.12. The van der Waals surface area contributed by atoms with E-state index in [2.05, 4.69) is 0 Å². The highest BCUT2D eigenvalue weighted by molar-refractivity contribution is 5.23. The Bertz CT molecular complexity index is 538. The SMILES string of the molecule is OCC1=CO[C@@H](O[C@@H]2O[C@H](CO)[C@@H](O)[C@H](O)[C@H]2O)[C@H]2[C@H]3O[C@H]3[C@@H](O)[C@@H]12. The lowest BCUT2D eigenvalue weighted by Crippen LogP contribution is -2.60. The van der Waals surface area contributed by atoms with E-state index in [9.17, 15) is 30.6 Å². The lowest BCUT2D eigenvalue weighted by Gasteiger charge is -2.43. The highest BCUT2D eigenvalue weighted by Crippen LogP contribution is 2.53. The first kappa shape index (κ1) is 17.6. The molecule has 6 N–H and O–H groups in total. The van der Waals surface area contributed by atoms with Gasteiger partial charge in [0.15, 0.2) is 6.29 Å². The third kappa shape index (κ3) is 2.69. The molecule has 10 heteroatoms. The van der Waals surface area contributed by atoms with Crippen molar-refractivity contribution in [1.29, 1.82) is 0 Å². The van der Waals surface area contributed by atoms with Crippen molar-refractivity contribution in [2.24, 2.45) is 11.8 Å². The molecule has 0 bridgehead atoms. The molecule has 2 saturated heterocycles. The molecule has 1 saturated carbocycles. The van der Waals surface area contributed by atoms with E-state index in [-0.39, 0.29) is 18.8 Å². The summed E-state index contributed by atoms with van der Waals surface area (Å²) in [7, 11) is 0. The topological polar surface area (TPSA) is 162 Å². The number of fused-ring (bicyclic) bond motifs is 3. The van der Waals surface area contributed by atoms with Crippen LogP contribution in [0.5, 0.6) is 0 Å². The van der Waals surface area contributed by atoms with Gasteiger partial charge in [0.25, 0.3) is 0 Å². The quantitative estimate of drug-likeness (QED) is 0.276. The molecule has 142 valence electrons. The van der Waals surface area contributed by atoms with E-state index < -0.39 is 61.5 Å². The Morgan fingerprint density at radius 2 is 1.64 bits per heavy atom. The van der Waals surface area contributed by atoms with Crippen LogP contribution >= 0.6 is 0 Å². The summed E-state index contributed by atoms with van der Waals surface area (Å²) < 4.78 is 21.9. The molecule has 3 fully saturated rings. The highest BCUT2D eigenvalue weighted by Gasteiger charge is 2.66. The standard InChI is InChI=1S/C15H22O10/c16-1-4-3-22-14(7-6(4)9(19)13-12(7)24-13)25-15-11(21)10(20)8(18)5(2-17)23-15/h3,5-21H,1-2H2/t5-,6+,7-,8-,9+,10+,11-,12-,13+,14+,15+/m1/s1. The second-order valence-corrected chi connectivity index (χ2v) is 6.85. The molecule has 25 heavy (non-hydrogen) atoms. The van der Waals surface area contributed by atoms with Gasteiger partial charge in [-0.3, -0.25) is 0 Å². The van der Waals surface area contributed by atoms with E-state index in [0.717, 1.165) is 0 Å². The summed E-state index contributed by atoms with van der Waals surface area (Å²) in [4.78, 5) is 0. The fraction of sp³-hybridized carbons (Fsp3) is 0.867. The summed E-state index contributed by atoms with van der Waals surface area (Å²) in [5.41, 5.74) is 0.530. The summed E-state index contributed by atoms with van der Waals surface area (Å²) in [5.74, 6) is -0.822. The number of epoxide rings is 1. The van der Waals surface area contributed by atoms with Gasteiger partial charge in [-0.15, -0.1) is 0 Å². The molecule has 4 rings (SSSR count). The maximum absolute atomic E-state index is 10.3. The minimum Gasteiger partial charge on any atom is -0.472 e. The zero-order valence-corrected chi connectivity index (χ0v) is 13.2. The molecule has 0 unspecified atom stereocenters. The monoisotopic (exact) mass is 362 g/mol. The maximum Gasteiger partial charge on any atom is 0.207 e. The van der Waals surface area contributed by atoms with Crippen molar-refractivity contribution in [2.45, 2.75) is 55.3 Å². The second kappa shape index (κ2) is 6.41. The number of ether oxygens (including phenoxy) is 4. The highest BCUT2D eigenvalue weighted by atomic mass is 16.8. The van der Waals surface area contributed by atoms with Gasteiger partial charge < -0.3 is 49.6 Å². The largest absolute Gasteiger partial charge is 0.472 e. The lowest BCUT2D eigenvalue weighted by molar-refractivity contribution is -0.343. The van der Waals surface area contributed by atoms with Crippen LogP contribution in [0, 0.1) is 11.8 Å². The summed E-state index contributed by atoms with van der Waals surface area (Å²) >= 11 is 0. The Hall–Kier alpha value is -0.820. The van der Waals surface area contributed by atoms with Crippen molar-refractivity contribution >= 4 is 0 Å². The summed E-state index contributed by atoms with van der Waals surface area (Å²) in [5, 5.41) is 58.7. The molecule has 3 aliphatic heterocycles. The third-order valence-corrected chi connectivity index (χ3v) is 5.46. The molecule has 1 aliphatic carbocycles. The zero-order chi connectivity index (χ0) is 17.9. The minimum absolute atomic E-state index is 0.273. The van der Waals surface area contributed by atoms with Gasteiger partial charge in [-0.05, 0) is 5.57 Å². The number of hydrogen-bond acceptors (Lipinski definition) is 10.